The molecule has 7 nitrogen and oxygen atoms in total. The molecule has 3 rings (SSSR count). The maximum atomic E-state index is 5.42. The Morgan fingerprint density at radius 2 is 2.10 bits per heavy atom. The van der Waals surface area contributed by atoms with Crippen LogP contribution in [-0.4, -0.2) is 37.5 Å². The number of pyridine rings is 1. The van der Waals surface area contributed by atoms with Gasteiger partial charge in [0.1, 0.15) is 5.65 Å². The molecule has 0 fully saturated rings. The van der Waals surface area contributed by atoms with Crippen LogP contribution in [0.15, 0.2) is 30.6 Å². The summed E-state index contributed by atoms with van der Waals surface area (Å²) in [5.74, 6) is 1.05. The molecular weight excluding hydrogens is 268 g/mol. The second-order valence-electron chi connectivity index (χ2n) is 4.30. The molecule has 0 saturated heterocycles. The molecule has 0 aliphatic heterocycles. The van der Waals surface area contributed by atoms with Gasteiger partial charge in [0.15, 0.2) is 5.82 Å². The predicted octanol–water partition coefficient (Wildman–Crippen LogP) is 2.02. The van der Waals surface area contributed by atoms with Crippen LogP contribution in [0.1, 0.15) is 13.8 Å². The zero-order valence-corrected chi connectivity index (χ0v) is 11.9. The standard InChI is InChI=1S/C14H16N6O/c1-3-15-13-17-12(18-14(19-13)21-4-2)10-6-5-7-11-16-8-9-20(10)11/h5-9H,3-4H2,1-2H3,(H,15,17,18,19). The number of fused-ring (bicyclic) bond motifs is 1. The minimum Gasteiger partial charge on any atom is -0.464 e. The molecule has 0 radical (unpaired) electrons. The summed E-state index contributed by atoms with van der Waals surface area (Å²) in [4.78, 5) is 17.3. The van der Waals surface area contributed by atoms with Gasteiger partial charge in [0.25, 0.3) is 0 Å². The first kappa shape index (κ1) is 13.3. The first-order chi connectivity index (χ1) is 10.3. The average Bonchev–Trinajstić information content (AvgIpc) is 2.96. The summed E-state index contributed by atoms with van der Waals surface area (Å²) in [6.45, 7) is 5.11. The Morgan fingerprint density at radius 3 is 2.90 bits per heavy atom. The number of imidazole rings is 1. The van der Waals surface area contributed by atoms with Crippen molar-refractivity contribution in [3.8, 4) is 17.5 Å². The second-order valence-corrected chi connectivity index (χ2v) is 4.30. The number of ether oxygens (including phenoxy) is 1. The summed E-state index contributed by atoms with van der Waals surface area (Å²) in [6, 6.07) is 6.11. The molecular formula is C14H16N6O. The van der Waals surface area contributed by atoms with Crippen molar-refractivity contribution in [1.82, 2.24) is 24.3 Å². The highest BCUT2D eigenvalue weighted by Crippen LogP contribution is 2.20. The Hall–Kier alpha value is -2.70. The molecule has 0 aliphatic rings. The summed E-state index contributed by atoms with van der Waals surface area (Å²) in [5.41, 5.74) is 1.68. The van der Waals surface area contributed by atoms with Gasteiger partial charge in [0, 0.05) is 18.9 Å². The zero-order chi connectivity index (χ0) is 14.7. The van der Waals surface area contributed by atoms with Crippen LogP contribution in [0.5, 0.6) is 6.01 Å². The fourth-order valence-corrected chi connectivity index (χ4v) is 2.03. The molecule has 0 saturated carbocycles. The van der Waals surface area contributed by atoms with Crippen molar-refractivity contribution >= 4 is 11.6 Å². The molecule has 0 atom stereocenters. The number of hydrogen-bond acceptors (Lipinski definition) is 6. The summed E-state index contributed by atoms with van der Waals surface area (Å²) in [5, 5.41) is 3.09. The Kier molecular flexibility index (Phi) is 3.63. The molecule has 3 aromatic heterocycles. The molecule has 3 aromatic rings. The first-order valence-electron chi connectivity index (χ1n) is 6.87. The maximum Gasteiger partial charge on any atom is 0.321 e. The van der Waals surface area contributed by atoms with Gasteiger partial charge in [-0.25, -0.2) is 4.98 Å². The molecule has 0 amide bonds. The minimum absolute atomic E-state index is 0.315. The number of nitrogens with one attached hydrogen (secondary N) is 1. The molecule has 108 valence electrons. The van der Waals surface area contributed by atoms with Gasteiger partial charge < -0.3 is 10.1 Å². The summed E-state index contributed by atoms with van der Waals surface area (Å²) in [7, 11) is 0. The quantitative estimate of drug-likeness (QED) is 0.772. The number of nitrogens with zero attached hydrogens (tertiary/aromatic N) is 5. The molecule has 1 N–H and O–H groups in total. The van der Waals surface area contributed by atoms with E-state index in [1.54, 1.807) is 6.20 Å². The van der Waals surface area contributed by atoms with Crippen LogP contribution in [0.4, 0.5) is 5.95 Å². The molecule has 21 heavy (non-hydrogen) atoms. The topological polar surface area (TPSA) is 77.2 Å². The lowest BCUT2D eigenvalue weighted by Gasteiger charge is -2.09. The highest BCUT2D eigenvalue weighted by atomic mass is 16.5. The van der Waals surface area contributed by atoms with Gasteiger partial charge in [-0.15, -0.1) is 0 Å². The second kappa shape index (κ2) is 5.74. The lowest BCUT2D eigenvalue weighted by molar-refractivity contribution is 0.312. The number of hydrogen-bond donors (Lipinski definition) is 1. The van der Waals surface area contributed by atoms with E-state index in [4.69, 9.17) is 4.74 Å². The third-order valence-corrected chi connectivity index (χ3v) is 2.88. The molecule has 0 unspecified atom stereocenters. The van der Waals surface area contributed by atoms with Crippen molar-refractivity contribution < 1.29 is 4.74 Å². The van der Waals surface area contributed by atoms with E-state index in [2.05, 4.69) is 25.3 Å². The zero-order valence-electron chi connectivity index (χ0n) is 11.9. The van der Waals surface area contributed by atoms with E-state index in [-0.39, 0.29) is 0 Å². The van der Waals surface area contributed by atoms with Gasteiger partial charge in [-0.2, -0.15) is 15.0 Å². The van der Waals surface area contributed by atoms with Crippen molar-refractivity contribution in [3.63, 3.8) is 0 Å². The highest BCUT2D eigenvalue weighted by molar-refractivity contribution is 5.58. The van der Waals surface area contributed by atoms with Gasteiger partial charge in [-0.05, 0) is 26.0 Å². The molecule has 0 bridgehead atoms. The van der Waals surface area contributed by atoms with Crippen LogP contribution in [0.3, 0.4) is 0 Å². The van der Waals surface area contributed by atoms with Crippen molar-refractivity contribution in [2.75, 3.05) is 18.5 Å². The lowest BCUT2D eigenvalue weighted by atomic mass is 10.3. The van der Waals surface area contributed by atoms with E-state index in [0.717, 1.165) is 17.9 Å². The lowest BCUT2D eigenvalue weighted by Crippen LogP contribution is -2.08. The fraction of sp³-hybridized carbons (Fsp3) is 0.286. The molecule has 0 aromatic carbocycles. The molecule has 0 spiro atoms. The summed E-state index contributed by atoms with van der Waals surface area (Å²) >= 11 is 0. The maximum absolute atomic E-state index is 5.42. The Bertz CT molecular complexity index is 730. The normalized spacial score (nSPS) is 10.8. The third kappa shape index (κ3) is 2.62. The van der Waals surface area contributed by atoms with E-state index in [0.29, 0.717) is 24.4 Å². The Labute approximate surface area is 122 Å². The highest BCUT2D eigenvalue weighted by Gasteiger charge is 2.11. The van der Waals surface area contributed by atoms with E-state index in [1.807, 2.05) is 42.6 Å². The van der Waals surface area contributed by atoms with Crippen LogP contribution in [0, 0.1) is 0 Å². The minimum atomic E-state index is 0.315. The van der Waals surface area contributed by atoms with E-state index < -0.39 is 0 Å². The first-order valence-corrected chi connectivity index (χ1v) is 6.87. The van der Waals surface area contributed by atoms with Gasteiger partial charge in [-0.1, -0.05) is 6.07 Å². The smallest absolute Gasteiger partial charge is 0.321 e. The Balaban J connectivity index is 2.14. The van der Waals surface area contributed by atoms with Gasteiger partial charge >= 0.3 is 6.01 Å². The van der Waals surface area contributed by atoms with Crippen LogP contribution in [0.25, 0.3) is 17.2 Å². The molecule has 3 heterocycles. The average molecular weight is 284 g/mol. The van der Waals surface area contributed by atoms with Crippen LogP contribution >= 0.6 is 0 Å². The molecule has 7 heteroatoms. The number of anilines is 1. The van der Waals surface area contributed by atoms with Gasteiger partial charge in [0.05, 0.1) is 12.3 Å². The SMILES string of the molecule is CCNc1nc(OCC)nc(-c2cccc3nccn23)n1. The summed E-state index contributed by atoms with van der Waals surface area (Å²) in [6.07, 6.45) is 3.62. The molecule has 0 aliphatic carbocycles. The van der Waals surface area contributed by atoms with Crippen molar-refractivity contribution in [1.29, 1.82) is 0 Å². The van der Waals surface area contributed by atoms with Crippen molar-refractivity contribution in [2.45, 2.75) is 13.8 Å². The fourth-order valence-electron chi connectivity index (χ4n) is 2.03. The third-order valence-electron chi connectivity index (χ3n) is 2.88. The summed E-state index contributed by atoms with van der Waals surface area (Å²) < 4.78 is 7.35. The van der Waals surface area contributed by atoms with E-state index in [9.17, 15) is 0 Å². The van der Waals surface area contributed by atoms with Crippen LogP contribution in [0.2, 0.25) is 0 Å². The van der Waals surface area contributed by atoms with Crippen molar-refractivity contribution in [2.24, 2.45) is 0 Å². The van der Waals surface area contributed by atoms with Gasteiger partial charge in [-0.3, -0.25) is 4.40 Å². The Morgan fingerprint density at radius 1 is 1.19 bits per heavy atom. The van der Waals surface area contributed by atoms with Crippen molar-refractivity contribution in [3.05, 3.63) is 30.6 Å². The number of aromatic nitrogens is 5. The van der Waals surface area contributed by atoms with E-state index >= 15 is 0 Å². The largest absolute Gasteiger partial charge is 0.464 e. The monoisotopic (exact) mass is 284 g/mol. The predicted molar refractivity (Wildman–Crippen MR) is 79.3 cm³/mol. The van der Waals surface area contributed by atoms with Crippen LogP contribution < -0.4 is 10.1 Å². The van der Waals surface area contributed by atoms with Crippen LogP contribution in [-0.2, 0) is 0 Å². The van der Waals surface area contributed by atoms with Gasteiger partial charge in [0.2, 0.25) is 5.95 Å². The number of rotatable bonds is 5. The van der Waals surface area contributed by atoms with E-state index in [1.165, 1.54) is 0 Å².